The predicted octanol–water partition coefficient (Wildman–Crippen LogP) is 5.14. The summed E-state index contributed by atoms with van der Waals surface area (Å²) >= 11 is 0. The lowest BCUT2D eigenvalue weighted by molar-refractivity contribution is -0.136. The van der Waals surface area contributed by atoms with Crippen LogP contribution in [0.3, 0.4) is 0 Å². The standard InChI is InChI=1S/C29H35N3O4/c1-20(2)27(31-24-11-5-23(6-12-24)29(35)30-18-17-28(33)34)19-36-26-15-9-22(10-16-26)21-7-13-25(14-8-21)32(3)4/h5-16,20,27,31H,17-19H2,1-4H3,(H,30,35)(H,33,34)/t27-/m1/s1. The molecule has 3 aromatic carbocycles. The first-order chi connectivity index (χ1) is 17.2. The van der Waals surface area contributed by atoms with Gasteiger partial charge >= 0.3 is 5.97 Å². The Morgan fingerprint density at radius 1 is 0.889 bits per heavy atom. The number of carbonyl (C=O) groups excluding carboxylic acids is 1. The summed E-state index contributed by atoms with van der Waals surface area (Å²) in [6.07, 6.45) is -0.103. The third-order valence-corrected chi connectivity index (χ3v) is 5.93. The molecule has 0 saturated heterocycles. The van der Waals surface area contributed by atoms with Crippen molar-refractivity contribution in [2.24, 2.45) is 5.92 Å². The maximum atomic E-state index is 12.1. The van der Waals surface area contributed by atoms with Crippen molar-refractivity contribution in [2.75, 3.05) is 37.5 Å². The summed E-state index contributed by atoms with van der Waals surface area (Å²) in [6.45, 7) is 4.86. The van der Waals surface area contributed by atoms with E-state index < -0.39 is 5.97 Å². The maximum absolute atomic E-state index is 12.1. The van der Waals surface area contributed by atoms with Gasteiger partial charge in [0.15, 0.2) is 0 Å². The largest absolute Gasteiger partial charge is 0.491 e. The average molecular weight is 490 g/mol. The molecule has 0 spiro atoms. The summed E-state index contributed by atoms with van der Waals surface area (Å²) in [6, 6.07) is 23.8. The fraction of sp³-hybridized carbons (Fsp3) is 0.310. The molecule has 36 heavy (non-hydrogen) atoms. The molecule has 0 fully saturated rings. The van der Waals surface area contributed by atoms with Crippen LogP contribution in [0.25, 0.3) is 11.1 Å². The second kappa shape index (κ2) is 12.6. The van der Waals surface area contributed by atoms with Gasteiger partial charge in [0, 0.05) is 37.6 Å². The van der Waals surface area contributed by atoms with Crippen LogP contribution in [-0.2, 0) is 4.79 Å². The van der Waals surface area contributed by atoms with Gasteiger partial charge in [-0.2, -0.15) is 0 Å². The minimum atomic E-state index is -0.942. The summed E-state index contributed by atoms with van der Waals surface area (Å²) < 4.78 is 6.09. The lowest BCUT2D eigenvalue weighted by atomic mass is 10.0. The number of aliphatic carboxylic acids is 1. The van der Waals surface area contributed by atoms with Gasteiger partial charge in [-0.1, -0.05) is 38.1 Å². The van der Waals surface area contributed by atoms with Crippen LogP contribution in [0.5, 0.6) is 5.75 Å². The number of anilines is 2. The summed E-state index contributed by atoms with van der Waals surface area (Å²) in [5, 5.41) is 14.8. The highest BCUT2D eigenvalue weighted by Gasteiger charge is 2.15. The zero-order valence-electron chi connectivity index (χ0n) is 21.3. The Hall–Kier alpha value is -4.00. The van der Waals surface area contributed by atoms with E-state index in [1.54, 1.807) is 12.1 Å². The Labute approximate surface area is 213 Å². The zero-order chi connectivity index (χ0) is 26.1. The molecule has 0 aliphatic heterocycles. The highest BCUT2D eigenvalue weighted by atomic mass is 16.5. The molecule has 0 radical (unpaired) electrons. The molecule has 0 aliphatic carbocycles. The van der Waals surface area contributed by atoms with Gasteiger partial charge in [0.2, 0.25) is 0 Å². The summed E-state index contributed by atoms with van der Waals surface area (Å²) in [7, 11) is 4.06. The number of carbonyl (C=O) groups is 2. The van der Waals surface area contributed by atoms with E-state index >= 15 is 0 Å². The average Bonchev–Trinajstić information content (AvgIpc) is 2.87. The molecule has 1 amide bonds. The Kier molecular flexibility index (Phi) is 9.33. The van der Waals surface area contributed by atoms with Gasteiger partial charge in [0.1, 0.15) is 12.4 Å². The van der Waals surface area contributed by atoms with Gasteiger partial charge in [0.25, 0.3) is 5.91 Å². The normalized spacial score (nSPS) is 11.6. The molecule has 3 aromatic rings. The molecule has 0 heterocycles. The van der Waals surface area contributed by atoms with Gasteiger partial charge in [0.05, 0.1) is 12.5 Å². The molecule has 0 unspecified atom stereocenters. The van der Waals surface area contributed by atoms with E-state index in [0.29, 0.717) is 18.1 Å². The van der Waals surface area contributed by atoms with Crippen LogP contribution in [-0.4, -0.2) is 50.3 Å². The molecule has 0 saturated carbocycles. The number of carboxylic acid groups (broad SMARTS) is 1. The molecule has 0 bridgehead atoms. The lowest BCUT2D eigenvalue weighted by Crippen LogP contribution is -2.32. The number of nitrogens with one attached hydrogen (secondary N) is 2. The van der Waals surface area contributed by atoms with Crippen LogP contribution in [0, 0.1) is 5.92 Å². The quantitative estimate of drug-likeness (QED) is 0.326. The zero-order valence-corrected chi connectivity index (χ0v) is 21.3. The molecule has 3 rings (SSSR count). The van der Waals surface area contributed by atoms with Gasteiger partial charge in [-0.3, -0.25) is 9.59 Å². The van der Waals surface area contributed by atoms with Gasteiger partial charge in [-0.05, 0) is 65.6 Å². The number of rotatable bonds is 12. The summed E-state index contributed by atoms with van der Waals surface area (Å²) in [4.78, 5) is 24.8. The van der Waals surface area contributed by atoms with E-state index in [4.69, 9.17) is 9.84 Å². The Bertz CT molecular complexity index is 1120. The maximum Gasteiger partial charge on any atom is 0.305 e. The molecule has 7 heteroatoms. The molecular formula is C29H35N3O4. The Morgan fingerprint density at radius 2 is 1.47 bits per heavy atom. The monoisotopic (exact) mass is 489 g/mol. The number of benzene rings is 3. The van der Waals surface area contributed by atoms with Crippen molar-refractivity contribution in [1.82, 2.24) is 5.32 Å². The summed E-state index contributed by atoms with van der Waals surface area (Å²) in [5.41, 5.74) is 4.83. The summed E-state index contributed by atoms with van der Waals surface area (Å²) in [5.74, 6) is -0.103. The van der Waals surface area contributed by atoms with Crippen LogP contribution in [0.4, 0.5) is 11.4 Å². The van der Waals surface area contributed by atoms with Crippen LogP contribution in [0.2, 0.25) is 0 Å². The second-order valence-corrected chi connectivity index (χ2v) is 9.25. The number of carboxylic acids is 1. The predicted molar refractivity (Wildman–Crippen MR) is 145 cm³/mol. The van der Waals surface area contributed by atoms with Crippen molar-refractivity contribution in [3.8, 4) is 16.9 Å². The minimum absolute atomic E-state index is 0.0681. The second-order valence-electron chi connectivity index (χ2n) is 9.25. The molecule has 7 nitrogen and oxygen atoms in total. The number of hydrogen-bond donors (Lipinski definition) is 3. The van der Waals surface area contributed by atoms with E-state index in [2.05, 4.69) is 65.8 Å². The van der Waals surface area contributed by atoms with Gasteiger partial charge in [-0.25, -0.2) is 0 Å². The highest BCUT2D eigenvalue weighted by Crippen LogP contribution is 2.25. The Balaban J connectivity index is 1.55. The molecule has 190 valence electrons. The van der Waals surface area contributed by atoms with Crippen molar-refractivity contribution in [2.45, 2.75) is 26.3 Å². The van der Waals surface area contributed by atoms with Crippen LogP contribution in [0.1, 0.15) is 30.6 Å². The first kappa shape index (κ1) is 26.6. The number of nitrogens with zero attached hydrogens (tertiary/aromatic N) is 1. The molecule has 1 atom stereocenters. The first-order valence-corrected chi connectivity index (χ1v) is 12.1. The first-order valence-electron chi connectivity index (χ1n) is 12.1. The lowest BCUT2D eigenvalue weighted by Gasteiger charge is -2.24. The van der Waals surface area contributed by atoms with Crippen molar-refractivity contribution in [3.05, 3.63) is 78.4 Å². The topological polar surface area (TPSA) is 90.9 Å². The third-order valence-electron chi connectivity index (χ3n) is 5.93. The number of hydrogen-bond acceptors (Lipinski definition) is 5. The smallest absolute Gasteiger partial charge is 0.305 e. The Morgan fingerprint density at radius 3 is 2.00 bits per heavy atom. The van der Waals surface area contributed by atoms with Crippen molar-refractivity contribution >= 4 is 23.3 Å². The number of amides is 1. The fourth-order valence-electron chi connectivity index (χ4n) is 3.60. The van der Waals surface area contributed by atoms with Crippen molar-refractivity contribution in [3.63, 3.8) is 0 Å². The fourth-order valence-corrected chi connectivity index (χ4v) is 3.60. The van der Waals surface area contributed by atoms with Crippen LogP contribution < -0.4 is 20.3 Å². The van der Waals surface area contributed by atoms with Crippen molar-refractivity contribution < 1.29 is 19.4 Å². The minimum Gasteiger partial charge on any atom is -0.491 e. The molecule has 0 aliphatic rings. The van der Waals surface area contributed by atoms with Crippen LogP contribution in [0.15, 0.2) is 72.8 Å². The third kappa shape index (κ3) is 7.77. The highest BCUT2D eigenvalue weighted by molar-refractivity contribution is 5.94. The number of ether oxygens (including phenoxy) is 1. The van der Waals surface area contributed by atoms with E-state index in [1.165, 1.54) is 5.69 Å². The van der Waals surface area contributed by atoms with E-state index in [0.717, 1.165) is 22.6 Å². The molecule has 0 aromatic heterocycles. The molecule has 3 N–H and O–H groups in total. The van der Waals surface area contributed by atoms with E-state index in [-0.39, 0.29) is 24.9 Å². The van der Waals surface area contributed by atoms with Crippen LogP contribution >= 0.6 is 0 Å². The van der Waals surface area contributed by atoms with Gasteiger partial charge in [-0.15, -0.1) is 0 Å². The van der Waals surface area contributed by atoms with Crippen molar-refractivity contribution in [1.29, 1.82) is 0 Å². The SMILES string of the molecule is CC(C)[C@@H](COc1ccc(-c2ccc(N(C)C)cc2)cc1)Nc1ccc(C(=O)NCCC(=O)O)cc1. The molecular weight excluding hydrogens is 454 g/mol. The van der Waals surface area contributed by atoms with E-state index in [9.17, 15) is 9.59 Å². The van der Waals surface area contributed by atoms with Gasteiger partial charge < -0.3 is 25.4 Å². The van der Waals surface area contributed by atoms with E-state index in [1.807, 2.05) is 38.4 Å².